The predicted molar refractivity (Wildman–Crippen MR) is 77.9 cm³/mol. The van der Waals surface area contributed by atoms with E-state index in [-0.39, 0.29) is 17.9 Å². The van der Waals surface area contributed by atoms with Crippen molar-refractivity contribution in [2.24, 2.45) is 11.7 Å². The quantitative estimate of drug-likeness (QED) is 0.925. The van der Waals surface area contributed by atoms with Crippen LogP contribution < -0.4 is 5.73 Å². The van der Waals surface area contributed by atoms with E-state index in [0.29, 0.717) is 11.6 Å². The van der Waals surface area contributed by atoms with E-state index < -0.39 is 0 Å². The third-order valence-corrected chi connectivity index (χ3v) is 4.10. The largest absolute Gasteiger partial charge is 0.341 e. The lowest BCUT2D eigenvalue weighted by molar-refractivity contribution is -0.136. The van der Waals surface area contributed by atoms with Gasteiger partial charge in [0.25, 0.3) is 0 Å². The molecule has 1 aromatic carbocycles. The second-order valence-corrected chi connectivity index (χ2v) is 5.81. The van der Waals surface area contributed by atoms with Crippen LogP contribution >= 0.6 is 11.6 Å². The van der Waals surface area contributed by atoms with Crippen LogP contribution in [0.15, 0.2) is 24.3 Å². The molecule has 0 spiro atoms. The number of hydrogen-bond donors (Lipinski definition) is 1. The molecule has 0 radical (unpaired) electrons. The van der Waals surface area contributed by atoms with Crippen LogP contribution in [0.3, 0.4) is 0 Å². The van der Waals surface area contributed by atoms with Crippen molar-refractivity contribution in [1.82, 2.24) is 4.90 Å². The van der Waals surface area contributed by atoms with Gasteiger partial charge < -0.3 is 10.6 Å². The summed E-state index contributed by atoms with van der Waals surface area (Å²) in [6.45, 7) is 0.610. The molecule has 3 nitrogen and oxygen atoms in total. The molecule has 0 aromatic heterocycles. The van der Waals surface area contributed by atoms with Gasteiger partial charge in [-0.15, -0.1) is 0 Å². The highest BCUT2D eigenvalue weighted by Gasteiger charge is 2.30. The first-order chi connectivity index (χ1) is 9.08. The fourth-order valence-corrected chi connectivity index (χ4v) is 2.82. The van der Waals surface area contributed by atoms with Crippen molar-refractivity contribution in [2.75, 3.05) is 7.05 Å². The van der Waals surface area contributed by atoms with Gasteiger partial charge in [-0.05, 0) is 30.5 Å². The van der Waals surface area contributed by atoms with Gasteiger partial charge in [0.2, 0.25) is 5.91 Å². The van der Waals surface area contributed by atoms with E-state index in [1.807, 2.05) is 31.3 Å². The predicted octanol–water partition coefficient (Wildman–Crippen LogP) is 2.82. The summed E-state index contributed by atoms with van der Waals surface area (Å²) in [6.07, 6.45) is 4.14. The highest BCUT2D eigenvalue weighted by atomic mass is 35.5. The molecule has 4 heteroatoms. The fraction of sp³-hybridized carbons (Fsp3) is 0.533. The number of carbonyl (C=O) groups is 1. The van der Waals surface area contributed by atoms with Gasteiger partial charge in [-0.1, -0.05) is 36.6 Å². The van der Waals surface area contributed by atoms with Crippen molar-refractivity contribution in [3.05, 3.63) is 34.9 Å². The van der Waals surface area contributed by atoms with E-state index in [2.05, 4.69) is 0 Å². The molecule has 2 atom stereocenters. The third kappa shape index (κ3) is 3.71. The lowest BCUT2D eigenvalue weighted by Gasteiger charge is -2.31. The molecule has 2 rings (SSSR count). The molecule has 2 N–H and O–H groups in total. The van der Waals surface area contributed by atoms with Gasteiger partial charge in [0.15, 0.2) is 0 Å². The van der Waals surface area contributed by atoms with Gasteiger partial charge in [-0.25, -0.2) is 0 Å². The van der Waals surface area contributed by atoms with Crippen molar-refractivity contribution in [1.29, 1.82) is 0 Å². The Kier molecular flexibility index (Phi) is 4.83. The Bertz CT molecular complexity index is 432. The molecule has 1 aliphatic carbocycles. The molecule has 0 bridgehead atoms. The van der Waals surface area contributed by atoms with E-state index in [9.17, 15) is 4.79 Å². The molecule has 19 heavy (non-hydrogen) atoms. The van der Waals surface area contributed by atoms with Crippen molar-refractivity contribution in [3.63, 3.8) is 0 Å². The van der Waals surface area contributed by atoms with Gasteiger partial charge in [0.05, 0.1) is 5.92 Å². The summed E-state index contributed by atoms with van der Waals surface area (Å²) in [6, 6.07) is 7.62. The zero-order valence-electron chi connectivity index (χ0n) is 11.3. The molecule has 1 fully saturated rings. The fourth-order valence-electron chi connectivity index (χ4n) is 2.69. The number of rotatable bonds is 3. The number of nitrogens with two attached hydrogens (primary N) is 1. The Balaban J connectivity index is 1.96. The maximum atomic E-state index is 12.4. The molecule has 1 aliphatic rings. The smallest absolute Gasteiger partial charge is 0.227 e. The Labute approximate surface area is 119 Å². The molecule has 0 saturated heterocycles. The van der Waals surface area contributed by atoms with E-state index in [0.717, 1.165) is 31.2 Å². The summed E-state index contributed by atoms with van der Waals surface area (Å²) in [5.74, 6) is 0.160. The van der Waals surface area contributed by atoms with Gasteiger partial charge in [-0.3, -0.25) is 4.79 Å². The molecule has 0 aliphatic heterocycles. The van der Waals surface area contributed by atoms with E-state index in [4.69, 9.17) is 17.3 Å². The van der Waals surface area contributed by atoms with Gasteiger partial charge in [-0.2, -0.15) is 0 Å². The van der Waals surface area contributed by atoms with Crippen molar-refractivity contribution in [2.45, 2.75) is 38.3 Å². The minimum absolute atomic E-state index is 0.00829. The average Bonchev–Trinajstić information content (AvgIpc) is 2.41. The Morgan fingerprint density at radius 1 is 1.32 bits per heavy atom. The SMILES string of the molecule is CN(Cc1ccc(Cl)cc1)C(=O)C1CCCCC1N. The molecule has 1 saturated carbocycles. The summed E-state index contributed by atoms with van der Waals surface area (Å²) >= 11 is 5.85. The molecule has 0 heterocycles. The van der Waals surface area contributed by atoms with Crippen molar-refractivity contribution in [3.8, 4) is 0 Å². The summed E-state index contributed by atoms with van der Waals surface area (Å²) in [4.78, 5) is 14.2. The summed E-state index contributed by atoms with van der Waals surface area (Å²) < 4.78 is 0. The van der Waals surface area contributed by atoms with Crippen LogP contribution in [0.1, 0.15) is 31.2 Å². The first-order valence-electron chi connectivity index (χ1n) is 6.83. The van der Waals surface area contributed by atoms with Gasteiger partial charge in [0, 0.05) is 24.7 Å². The van der Waals surface area contributed by atoms with Crippen LogP contribution in [-0.2, 0) is 11.3 Å². The Morgan fingerprint density at radius 3 is 2.58 bits per heavy atom. The highest BCUT2D eigenvalue weighted by Crippen LogP contribution is 2.25. The first kappa shape index (κ1) is 14.4. The van der Waals surface area contributed by atoms with Crippen LogP contribution in [0.25, 0.3) is 0 Å². The van der Waals surface area contributed by atoms with E-state index in [1.165, 1.54) is 0 Å². The monoisotopic (exact) mass is 280 g/mol. The second kappa shape index (κ2) is 6.40. The lowest BCUT2D eigenvalue weighted by atomic mass is 9.84. The summed E-state index contributed by atoms with van der Waals surface area (Å²) in [7, 11) is 1.85. The number of carbonyl (C=O) groups excluding carboxylic acids is 1. The number of hydrogen-bond acceptors (Lipinski definition) is 2. The van der Waals surface area contributed by atoms with Crippen LogP contribution in [0.4, 0.5) is 0 Å². The molecule has 104 valence electrons. The maximum absolute atomic E-state index is 12.4. The van der Waals surface area contributed by atoms with Crippen LogP contribution in [0.2, 0.25) is 5.02 Å². The topological polar surface area (TPSA) is 46.3 Å². The molecule has 1 aromatic rings. The van der Waals surface area contributed by atoms with Gasteiger partial charge in [0.1, 0.15) is 0 Å². The minimum atomic E-state index is -0.00829. The molecular weight excluding hydrogens is 260 g/mol. The summed E-state index contributed by atoms with van der Waals surface area (Å²) in [5.41, 5.74) is 7.15. The third-order valence-electron chi connectivity index (χ3n) is 3.85. The Morgan fingerprint density at radius 2 is 1.95 bits per heavy atom. The number of nitrogens with zero attached hydrogens (tertiary/aromatic N) is 1. The minimum Gasteiger partial charge on any atom is -0.341 e. The van der Waals surface area contributed by atoms with Crippen LogP contribution in [0.5, 0.6) is 0 Å². The summed E-state index contributed by atoms with van der Waals surface area (Å²) in [5, 5.41) is 0.715. The number of benzene rings is 1. The highest BCUT2D eigenvalue weighted by molar-refractivity contribution is 6.30. The second-order valence-electron chi connectivity index (χ2n) is 5.38. The first-order valence-corrected chi connectivity index (χ1v) is 7.20. The van der Waals surface area contributed by atoms with Crippen molar-refractivity contribution >= 4 is 17.5 Å². The van der Waals surface area contributed by atoms with E-state index in [1.54, 1.807) is 4.90 Å². The standard InChI is InChI=1S/C15H21ClN2O/c1-18(10-11-6-8-12(16)9-7-11)15(19)13-4-2-3-5-14(13)17/h6-9,13-14H,2-5,10,17H2,1H3. The zero-order valence-corrected chi connectivity index (χ0v) is 12.1. The maximum Gasteiger partial charge on any atom is 0.227 e. The lowest BCUT2D eigenvalue weighted by Crippen LogP contribution is -2.44. The van der Waals surface area contributed by atoms with Crippen LogP contribution in [0, 0.1) is 5.92 Å². The normalized spacial score (nSPS) is 23.1. The molecule has 2 unspecified atom stereocenters. The molecule has 1 amide bonds. The van der Waals surface area contributed by atoms with Crippen molar-refractivity contribution < 1.29 is 4.79 Å². The number of halogens is 1. The van der Waals surface area contributed by atoms with Gasteiger partial charge >= 0.3 is 0 Å². The average molecular weight is 281 g/mol. The molecular formula is C15H21ClN2O. The van der Waals surface area contributed by atoms with Crippen LogP contribution in [-0.4, -0.2) is 23.9 Å². The zero-order chi connectivity index (χ0) is 13.8. The number of amides is 1. The Hall–Kier alpha value is -1.06. The van der Waals surface area contributed by atoms with E-state index >= 15 is 0 Å².